The number of aliphatic hydroxyl groups excluding tert-OH is 3. The molecule has 0 amide bonds. The van der Waals surface area contributed by atoms with Crippen LogP contribution in [0, 0.1) is 35.0 Å². The molecular weight excluding hydrogens is 722 g/mol. The molecule has 4 rings (SSSR count). The van der Waals surface area contributed by atoms with Crippen LogP contribution in [-0.4, -0.2) is 126 Å². The molecule has 2 aliphatic carbocycles. The van der Waals surface area contributed by atoms with Crippen molar-refractivity contribution in [1.82, 2.24) is 5.32 Å². The van der Waals surface area contributed by atoms with Gasteiger partial charge in [0.2, 0.25) is 0 Å². The van der Waals surface area contributed by atoms with Gasteiger partial charge in [-0.25, -0.2) is 0 Å². The van der Waals surface area contributed by atoms with Gasteiger partial charge in [0.1, 0.15) is 12.2 Å². The Morgan fingerprint density at radius 3 is 2.18 bits per heavy atom. The summed E-state index contributed by atoms with van der Waals surface area (Å²) in [6.07, 6.45) is 0.972. The molecule has 5 unspecified atom stereocenters. The minimum Gasteiger partial charge on any atom is -0.457 e. The van der Waals surface area contributed by atoms with E-state index in [1.165, 1.54) is 14.2 Å². The Morgan fingerprint density at radius 1 is 0.911 bits per heavy atom. The number of Topliss-reactive ketones (excluding diaryl/α,β-unsaturated/α-hetero) is 3. The van der Waals surface area contributed by atoms with Crippen LogP contribution in [0.25, 0.3) is 0 Å². The SMILES string of the molecule is CCC1=CC(C)C[C@H](C)C[C@H](OC)[C@@H](O)[C@@H](OC)CC(C)C2(O)C(=O)C3NCCCC3(C(=O)O[C@H](C(C)=C[C@@H]3CC[C@@H](O)[C@H](OC)C3)[C@H](C)[C@@H](O)CC1=O)C2=O. The number of methoxy groups -OCH3 is 3. The average molecular weight is 792 g/mol. The number of nitrogens with one attached hydrogen (secondary N) is 1. The lowest BCUT2D eigenvalue weighted by Crippen LogP contribution is -2.57. The fourth-order valence-electron chi connectivity index (χ4n) is 9.96. The van der Waals surface area contributed by atoms with Gasteiger partial charge in [-0.2, -0.15) is 0 Å². The molecule has 2 heterocycles. The van der Waals surface area contributed by atoms with Crippen molar-refractivity contribution < 1.29 is 58.6 Å². The Balaban J connectivity index is 1.82. The fourth-order valence-corrected chi connectivity index (χ4v) is 9.96. The summed E-state index contributed by atoms with van der Waals surface area (Å²) in [4.78, 5) is 57.6. The van der Waals surface area contributed by atoms with Gasteiger partial charge in [-0.05, 0) is 100 Å². The number of cyclic esters (lactones) is 1. The molecule has 56 heavy (non-hydrogen) atoms. The van der Waals surface area contributed by atoms with Gasteiger partial charge in [-0.3, -0.25) is 19.2 Å². The van der Waals surface area contributed by atoms with E-state index in [2.05, 4.69) is 5.32 Å². The van der Waals surface area contributed by atoms with Gasteiger partial charge >= 0.3 is 5.97 Å². The highest BCUT2D eigenvalue weighted by molar-refractivity contribution is 6.28. The van der Waals surface area contributed by atoms with Crippen molar-refractivity contribution in [1.29, 1.82) is 0 Å². The topological polar surface area (TPSA) is 198 Å². The first-order valence-corrected chi connectivity index (χ1v) is 20.7. The quantitative estimate of drug-likeness (QED) is 0.149. The van der Waals surface area contributed by atoms with Crippen LogP contribution in [0.1, 0.15) is 106 Å². The van der Waals surface area contributed by atoms with E-state index in [1.54, 1.807) is 27.9 Å². The first-order valence-electron chi connectivity index (χ1n) is 20.7. The first kappa shape index (κ1) is 46.3. The van der Waals surface area contributed by atoms with Crippen molar-refractivity contribution in [3.63, 3.8) is 0 Å². The van der Waals surface area contributed by atoms with Gasteiger partial charge in [0.25, 0.3) is 0 Å². The minimum atomic E-state index is -2.60. The molecule has 13 heteroatoms. The summed E-state index contributed by atoms with van der Waals surface area (Å²) >= 11 is 0. The van der Waals surface area contributed by atoms with Crippen LogP contribution in [0.4, 0.5) is 0 Å². The number of hydrogen-bond acceptors (Lipinski definition) is 13. The van der Waals surface area contributed by atoms with Gasteiger partial charge in [-0.15, -0.1) is 0 Å². The van der Waals surface area contributed by atoms with E-state index in [0.29, 0.717) is 62.6 Å². The highest BCUT2D eigenvalue weighted by Crippen LogP contribution is 2.49. The van der Waals surface area contributed by atoms with Gasteiger partial charge in [-0.1, -0.05) is 46.8 Å². The van der Waals surface area contributed by atoms with E-state index in [0.717, 1.165) is 0 Å². The lowest BCUT2D eigenvalue weighted by molar-refractivity contribution is -0.172. The van der Waals surface area contributed by atoms with E-state index >= 15 is 0 Å². The summed E-state index contributed by atoms with van der Waals surface area (Å²) in [6, 6.07) is -1.37. The number of esters is 1. The fraction of sp³-hybridized carbons (Fsp3) is 0.814. The van der Waals surface area contributed by atoms with Crippen LogP contribution in [-0.2, 0) is 38.1 Å². The molecule has 0 aromatic carbocycles. The molecule has 15 atom stereocenters. The third-order valence-corrected chi connectivity index (χ3v) is 13.4. The van der Waals surface area contributed by atoms with E-state index in [-0.39, 0.29) is 48.9 Å². The summed E-state index contributed by atoms with van der Waals surface area (Å²) in [5.74, 6) is -4.92. The second kappa shape index (κ2) is 19.6. The maximum atomic E-state index is 14.8. The molecule has 13 nitrogen and oxygen atoms in total. The molecule has 2 saturated carbocycles. The highest BCUT2D eigenvalue weighted by Gasteiger charge is 2.73. The monoisotopic (exact) mass is 791 g/mol. The molecule has 2 aliphatic heterocycles. The van der Waals surface area contributed by atoms with Crippen molar-refractivity contribution in [3.05, 3.63) is 23.3 Å². The maximum absolute atomic E-state index is 14.8. The maximum Gasteiger partial charge on any atom is 0.322 e. The van der Waals surface area contributed by atoms with E-state index < -0.39 is 83.1 Å². The Bertz CT molecular complexity index is 1460. The number of aliphatic hydroxyl groups is 4. The molecule has 0 aromatic heterocycles. The lowest BCUT2D eigenvalue weighted by Gasteiger charge is -2.38. The largest absolute Gasteiger partial charge is 0.457 e. The summed E-state index contributed by atoms with van der Waals surface area (Å²) in [5.41, 5.74) is -3.50. The number of ether oxygens (including phenoxy) is 4. The molecule has 2 bridgehead atoms. The lowest BCUT2D eigenvalue weighted by atomic mass is 9.72. The van der Waals surface area contributed by atoms with Crippen molar-refractivity contribution in [2.75, 3.05) is 27.9 Å². The van der Waals surface area contributed by atoms with Crippen LogP contribution in [0.2, 0.25) is 0 Å². The van der Waals surface area contributed by atoms with Crippen molar-refractivity contribution >= 4 is 23.3 Å². The number of rotatable bonds is 6. The second-order valence-electron chi connectivity index (χ2n) is 17.4. The highest BCUT2D eigenvalue weighted by atomic mass is 16.5. The van der Waals surface area contributed by atoms with Gasteiger partial charge in [0.15, 0.2) is 28.4 Å². The molecule has 1 spiro atoms. The van der Waals surface area contributed by atoms with Crippen LogP contribution >= 0.6 is 0 Å². The van der Waals surface area contributed by atoms with Crippen LogP contribution in [0.3, 0.4) is 0 Å². The van der Waals surface area contributed by atoms with Crippen molar-refractivity contribution in [2.24, 2.45) is 35.0 Å². The molecular formula is C43H69NO12. The Labute approximate surface area is 332 Å². The van der Waals surface area contributed by atoms with Gasteiger partial charge in [0, 0.05) is 39.6 Å². The molecule has 0 radical (unpaired) electrons. The Kier molecular flexibility index (Phi) is 16.2. The van der Waals surface area contributed by atoms with E-state index in [1.807, 2.05) is 32.9 Å². The van der Waals surface area contributed by atoms with Crippen molar-refractivity contribution in [2.45, 2.75) is 160 Å². The molecule has 318 valence electrons. The third kappa shape index (κ3) is 9.41. The molecule has 5 N–H and O–H groups in total. The molecule has 3 fully saturated rings. The zero-order valence-corrected chi connectivity index (χ0v) is 35.0. The molecule has 4 aliphatic rings. The summed E-state index contributed by atoms with van der Waals surface area (Å²) in [7, 11) is 4.45. The predicted octanol–water partition coefficient (Wildman–Crippen LogP) is 3.42. The van der Waals surface area contributed by atoms with Crippen LogP contribution < -0.4 is 5.32 Å². The summed E-state index contributed by atoms with van der Waals surface area (Å²) in [6.45, 7) is 11.3. The smallest absolute Gasteiger partial charge is 0.322 e. The number of piperidine rings is 1. The normalized spacial score (nSPS) is 43.1. The zero-order chi connectivity index (χ0) is 41.7. The molecule has 1 saturated heterocycles. The Morgan fingerprint density at radius 2 is 1.55 bits per heavy atom. The average Bonchev–Trinajstić information content (AvgIpc) is 3.35. The van der Waals surface area contributed by atoms with Crippen LogP contribution in [0.15, 0.2) is 23.3 Å². The first-order chi connectivity index (χ1) is 26.4. The van der Waals surface area contributed by atoms with Crippen LogP contribution in [0.5, 0.6) is 0 Å². The number of hydrogen-bond donors (Lipinski definition) is 5. The van der Waals surface area contributed by atoms with E-state index in [9.17, 15) is 39.6 Å². The number of ketones is 3. The number of carbonyl (C=O) groups excluding carboxylic acids is 4. The van der Waals surface area contributed by atoms with Gasteiger partial charge in [0.05, 0.1) is 36.6 Å². The number of carbonyl (C=O) groups is 4. The van der Waals surface area contributed by atoms with Gasteiger partial charge < -0.3 is 44.7 Å². The zero-order valence-electron chi connectivity index (χ0n) is 35.0. The minimum absolute atomic E-state index is 0.0117. The van der Waals surface area contributed by atoms with E-state index in [4.69, 9.17) is 18.9 Å². The molecule has 0 aromatic rings. The predicted molar refractivity (Wildman–Crippen MR) is 208 cm³/mol. The standard InChI is InChI=1S/C43H69NO12/c1-10-29-17-23(2)16-24(3)18-34(54-8)36(48)35(55-9)20-26(5)43(52)39(49)38-42(40(43)50,14-11-15-44-38)41(51)56-37(27(6)31(46)22-32(29)47)25(4)19-28-12-13-30(45)33(21-28)53-7/h17,19,23-24,26-28,30-31,33-38,44-46,48,52H,10-16,18,20-22H2,1-9H3/t23?,24-,26?,27+,28-,30+,31-,33+,34-,35-,36+,37+,38?,42?,43?/m0/s1. The summed E-state index contributed by atoms with van der Waals surface area (Å²) in [5, 5.41) is 49.0. The number of allylic oxidation sites excluding steroid dienone is 3. The third-order valence-electron chi connectivity index (χ3n) is 13.4. The van der Waals surface area contributed by atoms with Crippen molar-refractivity contribution in [3.8, 4) is 0 Å². The Hall–Kier alpha value is -2.36. The second-order valence-corrected chi connectivity index (χ2v) is 17.4. The number of fused-ring (bicyclic) bond motifs is 1. The summed E-state index contributed by atoms with van der Waals surface area (Å²) < 4.78 is 23.3.